The summed E-state index contributed by atoms with van der Waals surface area (Å²) < 4.78 is 5.43. The van der Waals surface area contributed by atoms with Crippen molar-refractivity contribution in [1.29, 1.82) is 0 Å². The van der Waals surface area contributed by atoms with Crippen molar-refractivity contribution in [3.63, 3.8) is 0 Å². The van der Waals surface area contributed by atoms with E-state index >= 15 is 0 Å². The van der Waals surface area contributed by atoms with Gasteiger partial charge in [0.2, 0.25) is 5.91 Å². The second-order valence-electron chi connectivity index (χ2n) is 6.77. The Labute approximate surface area is 127 Å². The standard InChI is InChI=1S/C18H25NO2/c1-3-17(2,14-7-5-4-6-8-14)19-16(20)15-13-18(15)9-11-21-12-10-18/h4-8,15H,3,9-13H2,1-2H3,(H,19,20)/t15-,17-/m0/s1. The van der Waals surface area contributed by atoms with Crippen LogP contribution < -0.4 is 5.32 Å². The van der Waals surface area contributed by atoms with E-state index in [1.54, 1.807) is 0 Å². The molecule has 0 bridgehead atoms. The molecule has 21 heavy (non-hydrogen) atoms. The maximum atomic E-state index is 12.7. The van der Waals surface area contributed by atoms with Gasteiger partial charge in [-0.15, -0.1) is 0 Å². The number of ether oxygens (including phenoxy) is 1. The lowest BCUT2D eigenvalue weighted by Gasteiger charge is -2.31. The third-order valence-electron chi connectivity index (χ3n) is 5.51. The van der Waals surface area contributed by atoms with Crippen molar-refractivity contribution in [1.82, 2.24) is 5.32 Å². The SMILES string of the molecule is CC[C@](C)(NC(=O)[C@@H]1CC12CCOCC2)c1ccccc1. The van der Waals surface area contributed by atoms with Crippen molar-refractivity contribution in [2.75, 3.05) is 13.2 Å². The van der Waals surface area contributed by atoms with E-state index in [1.807, 2.05) is 18.2 Å². The van der Waals surface area contributed by atoms with Crippen molar-refractivity contribution in [2.45, 2.75) is 45.1 Å². The van der Waals surface area contributed by atoms with Gasteiger partial charge in [0.25, 0.3) is 0 Å². The maximum absolute atomic E-state index is 12.7. The van der Waals surface area contributed by atoms with Crippen LogP contribution in [-0.4, -0.2) is 19.1 Å². The van der Waals surface area contributed by atoms with Gasteiger partial charge in [-0.3, -0.25) is 4.79 Å². The van der Waals surface area contributed by atoms with E-state index in [2.05, 4.69) is 31.3 Å². The molecule has 2 aliphatic rings. The van der Waals surface area contributed by atoms with Crippen LogP contribution in [0.1, 0.15) is 45.1 Å². The largest absolute Gasteiger partial charge is 0.381 e. The van der Waals surface area contributed by atoms with Crippen molar-refractivity contribution < 1.29 is 9.53 Å². The minimum atomic E-state index is -0.271. The molecule has 1 aromatic carbocycles. The summed E-state index contributed by atoms with van der Waals surface area (Å²) in [7, 11) is 0. The van der Waals surface area contributed by atoms with Gasteiger partial charge >= 0.3 is 0 Å². The summed E-state index contributed by atoms with van der Waals surface area (Å²) in [5.41, 5.74) is 1.16. The molecule has 1 amide bonds. The molecular weight excluding hydrogens is 262 g/mol. The zero-order valence-electron chi connectivity index (χ0n) is 13.0. The topological polar surface area (TPSA) is 38.3 Å². The molecule has 1 aliphatic heterocycles. The summed E-state index contributed by atoms with van der Waals surface area (Å²) in [6, 6.07) is 10.3. The van der Waals surface area contributed by atoms with Crippen LogP contribution in [0.5, 0.6) is 0 Å². The minimum Gasteiger partial charge on any atom is -0.381 e. The van der Waals surface area contributed by atoms with Gasteiger partial charge in [0, 0.05) is 19.1 Å². The van der Waals surface area contributed by atoms with Gasteiger partial charge in [-0.25, -0.2) is 0 Å². The molecule has 3 rings (SSSR count). The Kier molecular flexibility index (Phi) is 3.78. The second-order valence-corrected chi connectivity index (χ2v) is 6.77. The molecule has 2 fully saturated rings. The quantitative estimate of drug-likeness (QED) is 0.923. The highest BCUT2D eigenvalue weighted by Gasteiger charge is 2.58. The first-order chi connectivity index (χ1) is 10.1. The maximum Gasteiger partial charge on any atom is 0.224 e. The van der Waals surface area contributed by atoms with Crippen LogP contribution in [0.25, 0.3) is 0 Å². The van der Waals surface area contributed by atoms with Crippen LogP contribution in [0.2, 0.25) is 0 Å². The Hall–Kier alpha value is -1.35. The van der Waals surface area contributed by atoms with Crippen LogP contribution in [0.15, 0.2) is 30.3 Å². The normalized spacial score (nSPS) is 26.1. The smallest absolute Gasteiger partial charge is 0.224 e. The number of benzene rings is 1. The molecule has 1 saturated heterocycles. The minimum absolute atomic E-state index is 0.191. The lowest BCUT2D eigenvalue weighted by atomic mass is 9.88. The third kappa shape index (κ3) is 2.71. The van der Waals surface area contributed by atoms with Gasteiger partial charge in [-0.05, 0) is 43.6 Å². The lowest BCUT2D eigenvalue weighted by Crippen LogP contribution is -2.44. The molecule has 1 spiro atoms. The van der Waals surface area contributed by atoms with E-state index in [0.717, 1.165) is 38.9 Å². The average molecular weight is 287 g/mol. The van der Waals surface area contributed by atoms with E-state index in [0.29, 0.717) is 0 Å². The first kappa shape index (κ1) is 14.6. The van der Waals surface area contributed by atoms with E-state index < -0.39 is 0 Å². The van der Waals surface area contributed by atoms with Crippen LogP contribution in [0, 0.1) is 11.3 Å². The molecule has 3 nitrogen and oxygen atoms in total. The van der Waals surface area contributed by atoms with Gasteiger partial charge in [0.15, 0.2) is 0 Å². The fourth-order valence-corrected chi connectivity index (χ4v) is 3.58. The van der Waals surface area contributed by atoms with E-state index in [9.17, 15) is 4.79 Å². The summed E-state index contributed by atoms with van der Waals surface area (Å²) in [5, 5.41) is 3.31. The molecule has 1 N–H and O–H groups in total. The van der Waals surface area contributed by atoms with Crippen molar-refractivity contribution >= 4 is 5.91 Å². The highest BCUT2D eigenvalue weighted by atomic mass is 16.5. The molecule has 1 saturated carbocycles. The average Bonchev–Trinajstić information content (AvgIpc) is 3.22. The number of carbonyl (C=O) groups excluding carboxylic acids is 1. The van der Waals surface area contributed by atoms with Crippen LogP contribution >= 0.6 is 0 Å². The Morgan fingerprint density at radius 2 is 2.00 bits per heavy atom. The third-order valence-corrected chi connectivity index (χ3v) is 5.51. The molecule has 1 aliphatic carbocycles. The molecule has 0 aromatic heterocycles. The molecule has 0 unspecified atom stereocenters. The number of carbonyl (C=O) groups is 1. The van der Waals surface area contributed by atoms with Gasteiger partial charge in [0.05, 0.1) is 5.54 Å². The molecule has 3 heteroatoms. The predicted molar refractivity (Wildman–Crippen MR) is 82.8 cm³/mol. The summed E-state index contributed by atoms with van der Waals surface area (Å²) in [4.78, 5) is 12.7. The number of rotatable bonds is 4. The molecule has 2 atom stereocenters. The fourth-order valence-electron chi connectivity index (χ4n) is 3.58. The zero-order chi connectivity index (χ0) is 14.9. The van der Waals surface area contributed by atoms with Gasteiger partial charge in [0.1, 0.15) is 0 Å². The number of nitrogens with one attached hydrogen (secondary N) is 1. The summed E-state index contributed by atoms with van der Waals surface area (Å²) in [6.45, 7) is 5.88. The van der Waals surface area contributed by atoms with Crippen LogP contribution in [0.3, 0.4) is 0 Å². The second kappa shape index (κ2) is 5.45. The first-order valence-corrected chi connectivity index (χ1v) is 8.05. The zero-order valence-corrected chi connectivity index (χ0v) is 13.0. The number of amides is 1. The van der Waals surface area contributed by atoms with E-state index in [4.69, 9.17) is 4.74 Å². The monoisotopic (exact) mass is 287 g/mol. The summed E-state index contributed by atoms with van der Waals surface area (Å²) in [5.74, 6) is 0.418. The van der Waals surface area contributed by atoms with Crippen molar-refractivity contribution in [3.05, 3.63) is 35.9 Å². The number of hydrogen-bond acceptors (Lipinski definition) is 2. The molecule has 0 radical (unpaired) electrons. The van der Waals surface area contributed by atoms with E-state index in [1.165, 1.54) is 5.56 Å². The Balaban J connectivity index is 1.69. The van der Waals surface area contributed by atoms with Gasteiger partial charge < -0.3 is 10.1 Å². The Bertz CT molecular complexity index is 507. The highest BCUT2D eigenvalue weighted by Crippen LogP contribution is 2.59. The Morgan fingerprint density at radius 1 is 1.33 bits per heavy atom. The summed E-state index contributed by atoms with van der Waals surface area (Å²) in [6.07, 6.45) is 4.01. The van der Waals surface area contributed by atoms with Gasteiger partial charge in [-0.1, -0.05) is 37.3 Å². The van der Waals surface area contributed by atoms with E-state index in [-0.39, 0.29) is 22.8 Å². The first-order valence-electron chi connectivity index (χ1n) is 8.05. The van der Waals surface area contributed by atoms with Crippen LogP contribution in [0.4, 0.5) is 0 Å². The molecule has 1 heterocycles. The molecular formula is C18H25NO2. The predicted octanol–water partition coefficient (Wildman–Crippen LogP) is 3.24. The van der Waals surface area contributed by atoms with Crippen LogP contribution in [-0.2, 0) is 15.1 Å². The Morgan fingerprint density at radius 3 is 2.62 bits per heavy atom. The number of hydrogen-bond donors (Lipinski definition) is 1. The summed E-state index contributed by atoms with van der Waals surface area (Å²) >= 11 is 0. The molecule has 1 aromatic rings. The lowest BCUT2D eigenvalue weighted by molar-refractivity contribution is -0.125. The van der Waals surface area contributed by atoms with Crippen molar-refractivity contribution in [2.24, 2.45) is 11.3 Å². The van der Waals surface area contributed by atoms with Crippen molar-refractivity contribution in [3.8, 4) is 0 Å². The molecule has 114 valence electrons. The highest BCUT2D eigenvalue weighted by molar-refractivity contribution is 5.83. The fraction of sp³-hybridized carbons (Fsp3) is 0.611. The van der Waals surface area contributed by atoms with Gasteiger partial charge in [-0.2, -0.15) is 0 Å².